The summed E-state index contributed by atoms with van der Waals surface area (Å²) in [5, 5.41) is 5.40. The highest BCUT2D eigenvalue weighted by atomic mass is 35.5. The van der Waals surface area contributed by atoms with Gasteiger partial charge in [-0.05, 0) is 57.1 Å². The first kappa shape index (κ1) is 15.1. The van der Waals surface area contributed by atoms with Crippen LogP contribution in [0.4, 0.5) is 14.9 Å². The van der Waals surface area contributed by atoms with Crippen molar-refractivity contribution >= 4 is 23.3 Å². The first-order chi connectivity index (χ1) is 9.65. The van der Waals surface area contributed by atoms with Gasteiger partial charge in [0, 0.05) is 12.2 Å². The topological polar surface area (TPSA) is 44.4 Å². The summed E-state index contributed by atoms with van der Waals surface area (Å²) < 4.78 is 13.0. The van der Waals surface area contributed by atoms with Crippen LogP contribution in [0.2, 0.25) is 5.02 Å². The molecule has 6 heteroatoms. The molecule has 0 atom stereocenters. The molecule has 1 aliphatic rings. The zero-order valence-corrected chi connectivity index (χ0v) is 12.0. The van der Waals surface area contributed by atoms with Crippen LogP contribution in [0.3, 0.4) is 0 Å². The summed E-state index contributed by atoms with van der Waals surface area (Å²) in [6.07, 6.45) is 3.48. The molecule has 1 aromatic rings. The highest BCUT2D eigenvalue weighted by molar-refractivity contribution is 6.31. The third-order valence-corrected chi connectivity index (χ3v) is 3.60. The van der Waals surface area contributed by atoms with Crippen molar-refractivity contribution in [3.05, 3.63) is 29.0 Å². The van der Waals surface area contributed by atoms with Gasteiger partial charge >= 0.3 is 6.03 Å². The third-order valence-electron chi connectivity index (χ3n) is 3.31. The number of carbonyl (C=O) groups excluding carboxylic acids is 1. The summed E-state index contributed by atoms with van der Waals surface area (Å²) in [4.78, 5) is 14.0. The second-order valence-corrected chi connectivity index (χ2v) is 5.32. The van der Waals surface area contributed by atoms with Crippen molar-refractivity contribution in [2.24, 2.45) is 0 Å². The van der Waals surface area contributed by atoms with Gasteiger partial charge in [0.1, 0.15) is 5.82 Å². The van der Waals surface area contributed by atoms with Gasteiger partial charge in [0.05, 0.1) is 5.02 Å². The largest absolute Gasteiger partial charge is 0.338 e. The van der Waals surface area contributed by atoms with Crippen LogP contribution in [0.5, 0.6) is 0 Å². The quantitative estimate of drug-likeness (QED) is 0.821. The van der Waals surface area contributed by atoms with E-state index in [0.29, 0.717) is 12.2 Å². The Morgan fingerprint density at radius 2 is 2.10 bits per heavy atom. The monoisotopic (exact) mass is 299 g/mol. The molecule has 0 aliphatic carbocycles. The van der Waals surface area contributed by atoms with Crippen molar-refractivity contribution in [3.8, 4) is 0 Å². The van der Waals surface area contributed by atoms with E-state index < -0.39 is 5.82 Å². The molecule has 1 heterocycles. The number of nitrogens with zero attached hydrogens (tertiary/aromatic N) is 1. The molecule has 1 fully saturated rings. The van der Waals surface area contributed by atoms with Crippen LogP contribution in [-0.2, 0) is 0 Å². The van der Waals surface area contributed by atoms with E-state index in [2.05, 4.69) is 15.5 Å². The number of likely N-dealkylation sites (tertiary alicyclic amines) is 1. The first-order valence-corrected chi connectivity index (χ1v) is 7.25. The molecule has 1 aliphatic heterocycles. The molecule has 1 aromatic carbocycles. The molecule has 0 aromatic heterocycles. The molecule has 0 bridgehead atoms. The van der Waals surface area contributed by atoms with Crippen molar-refractivity contribution in [2.75, 3.05) is 31.5 Å². The Hall–Kier alpha value is -1.33. The Morgan fingerprint density at radius 1 is 1.35 bits per heavy atom. The van der Waals surface area contributed by atoms with Crippen LogP contribution >= 0.6 is 11.6 Å². The molecular weight excluding hydrogens is 281 g/mol. The lowest BCUT2D eigenvalue weighted by Gasteiger charge is -2.14. The minimum absolute atomic E-state index is 0.00293. The molecule has 0 spiro atoms. The summed E-state index contributed by atoms with van der Waals surface area (Å²) >= 11 is 5.64. The van der Waals surface area contributed by atoms with Gasteiger partial charge < -0.3 is 15.5 Å². The molecule has 2 N–H and O–H groups in total. The summed E-state index contributed by atoms with van der Waals surface area (Å²) in [7, 11) is 0. The Labute approximate surface area is 123 Å². The number of halogens is 2. The van der Waals surface area contributed by atoms with E-state index in [4.69, 9.17) is 11.6 Å². The minimum atomic E-state index is -0.497. The smallest absolute Gasteiger partial charge is 0.319 e. The van der Waals surface area contributed by atoms with E-state index in [1.165, 1.54) is 44.1 Å². The second-order valence-electron chi connectivity index (χ2n) is 4.91. The molecule has 2 amide bonds. The number of anilines is 1. The number of hydrogen-bond donors (Lipinski definition) is 2. The highest BCUT2D eigenvalue weighted by Crippen LogP contribution is 2.19. The molecular formula is C14H19ClFN3O. The third kappa shape index (κ3) is 4.65. The van der Waals surface area contributed by atoms with E-state index in [1.54, 1.807) is 0 Å². The molecule has 1 saturated heterocycles. The van der Waals surface area contributed by atoms with Crippen LogP contribution in [0.15, 0.2) is 18.2 Å². The molecule has 110 valence electrons. The Bertz CT molecular complexity index is 464. The summed E-state index contributed by atoms with van der Waals surface area (Å²) in [5.74, 6) is -0.497. The number of benzene rings is 1. The number of hydrogen-bond acceptors (Lipinski definition) is 2. The van der Waals surface area contributed by atoms with Crippen molar-refractivity contribution in [2.45, 2.75) is 19.3 Å². The van der Waals surface area contributed by atoms with E-state index in [0.717, 1.165) is 13.0 Å². The van der Waals surface area contributed by atoms with Gasteiger partial charge in [0.25, 0.3) is 0 Å². The van der Waals surface area contributed by atoms with Crippen molar-refractivity contribution in [1.29, 1.82) is 0 Å². The molecule has 0 radical (unpaired) electrons. The van der Waals surface area contributed by atoms with Gasteiger partial charge in [0.15, 0.2) is 0 Å². The normalized spacial score (nSPS) is 15.3. The fraction of sp³-hybridized carbons (Fsp3) is 0.500. The molecule has 0 unspecified atom stereocenters. The predicted octanol–water partition coefficient (Wildman–Crippen LogP) is 3.09. The predicted molar refractivity (Wildman–Crippen MR) is 78.7 cm³/mol. The average Bonchev–Trinajstić information content (AvgIpc) is 2.92. The number of amides is 2. The second kappa shape index (κ2) is 7.45. The maximum atomic E-state index is 13.0. The van der Waals surface area contributed by atoms with Crippen LogP contribution < -0.4 is 10.6 Å². The van der Waals surface area contributed by atoms with Crippen LogP contribution in [0, 0.1) is 5.82 Å². The Morgan fingerprint density at radius 3 is 2.80 bits per heavy atom. The van der Waals surface area contributed by atoms with Gasteiger partial charge in [0.2, 0.25) is 0 Å². The zero-order chi connectivity index (χ0) is 14.4. The standard InChI is InChI=1S/C14H19ClFN3O/c15-12-10-11(4-5-13(12)16)18-14(20)17-6-3-9-19-7-1-2-8-19/h4-5,10H,1-3,6-9H2,(H2,17,18,20). The Kier molecular flexibility index (Phi) is 5.61. The van der Waals surface area contributed by atoms with Crippen LogP contribution in [0.25, 0.3) is 0 Å². The summed E-state index contributed by atoms with van der Waals surface area (Å²) in [6, 6.07) is 3.80. The number of urea groups is 1. The van der Waals surface area contributed by atoms with Gasteiger partial charge in [-0.1, -0.05) is 11.6 Å². The lowest BCUT2D eigenvalue weighted by Crippen LogP contribution is -2.31. The average molecular weight is 300 g/mol. The maximum absolute atomic E-state index is 13.0. The molecule has 4 nitrogen and oxygen atoms in total. The van der Waals surface area contributed by atoms with Crippen molar-refractivity contribution in [3.63, 3.8) is 0 Å². The maximum Gasteiger partial charge on any atom is 0.319 e. The molecule has 0 saturated carbocycles. The summed E-state index contributed by atoms with van der Waals surface area (Å²) in [5.41, 5.74) is 0.480. The van der Waals surface area contributed by atoms with Gasteiger partial charge in [-0.25, -0.2) is 9.18 Å². The fourth-order valence-electron chi connectivity index (χ4n) is 2.26. The van der Waals surface area contributed by atoms with Crippen molar-refractivity contribution < 1.29 is 9.18 Å². The van der Waals surface area contributed by atoms with E-state index in [1.807, 2.05) is 0 Å². The molecule has 20 heavy (non-hydrogen) atoms. The van der Waals surface area contributed by atoms with E-state index in [-0.39, 0.29) is 11.1 Å². The molecule has 2 rings (SSSR count). The van der Waals surface area contributed by atoms with Gasteiger partial charge in [-0.2, -0.15) is 0 Å². The lowest BCUT2D eigenvalue weighted by atomic mass is 10.3. The van der Waals surface area contributed by atoms with Crippen LogP contribution in [-0.4, -0.2) is 37.1 Å². The highest BCUT2D eigenvalue weighted by Gasteiger charge is 2.10. The zero-order valence-electron chi connectivity index (χ0n) is 11.3. The minimum Gasteiger partial charge on any atom is -0.338 e. The number of nitrogens with one attached hydrogen (secondary N) is 2. The SMILES string of the molecule is O=C(NCCCN1CCCC1)Nc1ccc(F)c(Cl)c1. The number of carbonyl (C=O) groups is 1. The van der Waals surface area contributed by atoms with E-state index in [9.17, 15) is 9.18 Å². The van der Waals surface area contributed by atoms with Crippen LogP contribution in [0.1, 0.15) is 19.3 Å². The van der Waals surface area contributed by atoms with Gasteiger partial charge in [-0.15, -0.1) is 0 Å². The van der Waals surface area contributed by atoms with Gasteiger partial charge in [-0.3, -0.25) is 0 Å². The van der Waals surface area contributed by atoms with E-state index >= 15 is 0 Å². The summed E-state index contributed by atoms with van der Waals surface area (Å²) in [6.45, 7) is 3.97. The Balaban J connectivity index is 1.65. The lowest BCUT2D eigenvalue weighted by molar-refractivity contribution is 0.251. The first-order valence-electron chi connectivity index (χ1n) is 6.87. The fourth-order valence-corrected chi connectivity index (χ4v) is 2.44. The number of rotatable bonds is 5. The van der Waals surface area contributed by atoms with Crippen molar-refractivity contribution in [1.82, 2.24) is 10.2 Å².